The van der Waals surface area contributed by atoms with E-state index in [2.05, 4.69) is 16.9 Å². The fourth-order valence-corrected chi connectivity index (χ4v) is 3.45. The lowest BCUT2D eigenvalue weighted by Gasteiger charge is -2.27. The van der Waals surface area contributed by atoms with Crippen LogP contribution in [0.15, 0.2) is 12.1 Å². The predicted molar refractivity (Wildman–Crippen MR) is 80.2 cm³/mol. The van der Waals surface area contributed by atoms with Crippen LogP contribution in [-0.4, -0.2) is 9.97 Å². The van der Waals surface area contributed by atoms with E-state index in [0.717, 1.165) is 30.7 Å². The minimum atomic E-state index is -0.841. The van der Waals surface area contributed by atoms with Crippen molar-refractivity contribution in [3.05, 3.63) is 29.6 Å². The van der Waals surface area contributed by atoms with Crippen LogP contribution < -0.4 is 0 Å². The van der Waals surface area contributed by atoms with Crippen molar-refractivity contribution in [1.82, 2.24) is 9.97 Å². The summed E-state index contributed by atoms with van der Waals surface area (Å²) in [5.41, 5.74) is 0.732. The normalized spacial score (nSPS) is 22.8. The van der Waals surface area contributed by atoms with Gasteiger partial charge in [-0.15, -0.1) is 0 Å². The number of H-pyrrole nitrogens is 1. The van der Waals surface area contributed by atoms with E-state index in [1.165, 1.54) is 32.1 Å². The van der Waals surface area contributed by atoms with Gasteiger partial charge in [-0.25, -0.2) is 13.8 Å². The number of unbranched alkanes of at least 4 members (excludes halogenated alkanes) is 1. The first-order valence-corrected chi connectivity index (χ1v) is 8.02. The molecule has 0 radical (unpaired) electrons. The van der Waals surface area contributed by atoms with Crippen LogP contribution in [0.4, 0.5) is 8.78 Å². The Kier molecular flexibility index (Phi) is 4.22. The largest absolute Gasteiger partial charge is 0.342 e. The molecule has 3 rings (SSSR count). The van der Waals surface area contributed by atoms with Crippen LogP contribution in [0, 0.1) is 17.6 Å². The third-order valence-electron chi connectivity index (χ3n) is 4.76. The maximum absolute atomic E-state index is 13.7. The highest BCUT2D eigenvalue weighted by molar-refractivity contribution is 5.75. The van der Waals surface area contributed by atoms with Gasteiger partial charge in [-0.1, -0.05) is 26.2 Å². The van der Waals surface area contributed by atoms with E-state index in [4.69, 9.17) is 0 Å². The van der Waals surface area contributed by atoms with E-state index in [0.29, 0.717) is 11.4 Å². The minimum absolute atomic E-state index is 0.137. The second-order valence-electron chi connectivity index (χ2n) is 6.24. The molecule has 0 spiro atoms. The summed E-state index contributed by atoms with van der Waals surface area (Å²) in [6.45, 7) is 2.23. The van der Waals surface area contributed by atoms with Crippen LogP contribution in [0.5, 0.6) is 0 Å². The van der Waals surface area contributed by atoms with Crippen molar-refractivity contribution in [3.63, 3.8) is 0 Å². The van der Waals surface area contributed by atoms with E-state index >= 15 is 0 Å². The van der Waals surface area contributed by atoms with Crippen molar-refractivity contribution in [3.8, 4) is 0 Å². The van der Waals surface area contributed by atoms with Crippen molar-refractivity contribution >= 4 is 11.0 Å². The number of hydrogen-bond acceptors (Lipinski definition) is 1. The summed E-state index contributed by atoms with van der Waals surface area (Å²) in [5, 5.41) is 0. The molecule has 0 aliphatic heterocycles. The molecule has 1 aliphatic carbocycles. The standard InChI is InChI=1S/C17H22F2N2/c1-2-3-4-11-5-7-12(8-6-11)17-20-14-10-9-13(18)15(19)16(14)21-17/h9-12H,2-8H2,1H3,(H,20,21). The first-order chi connectivity index (χ1) is 10.2. The molecular weight excluding hydrogens is 270 g/mol. The number of nitrogens with one attached hydrogen (secondary N) is 1. The quantitative estimate of drug-likeness (QED) is 0.813. The third kappa shape index (κ3) is 2.94. The Labute approximate surface area is 124 Å². The van der Waals surface area contributed by atoms with Gasteiger partial charge in [-0.2, -0.15) is 0 Å². The maximum atomic E-state index is 13.7. The lowest BCUT2D eigenvalue weighted by molar-refractivity contribution is 0.299. The van der Waals surface area contributed by atoms with E-state index in [1.807, 2.05) is 0 Å². The Morgan fingerprint density at radius 1 is 1.19 bits per heavy atom. The number of aromatic amines is 1. The molecule has 1 heterocycles. The number of hydrogen-bond donors (Lipinski definition) is 1. The lowest BCUT2D eigenvalue weighted by Crippen LogP contribution is -2.14. The van der Waals surface area contributed by atoms with Gasteiger partial charge in [-0.05, 0) is 43.7 Å². The molecule has 0 atom stereocenters. The Balaban J connectivity index is 1.72. The highest BCUT2D eigenvalue weighted by Gasteiger charge is 2.25. The molecule has 21 heavy (non-hydrogen) atoms. The van der Waals surface area contributed by atoms with Gasteiger partial charge >= 0.3 is 0 Å². The fraction of sp³-hybridized carbons (Fsp3) is 0.588. The highest BCUT2D eigenvalue weighted by Crippen LogP contribution is 2.37. The zero-order valence-electron chi connectivity index (χ0n) is 12.5. The average Bonchev–Trinajstić information content (AvgIpc) is 2.94. The van der Waals surface area contributed by atoms with Crippen LogP contribution in [0.2, 0.25) is 0 Å². The number of fused-ring (bicyclic) bond motifs is 1. The van der Waals surface area contributed by atoms with Crippen LogP contribution in [0.1, 0.15) is 63.6 Å². The SMILES string of the molecule is CCCCC1CCC(c2nc3c(F)c(F)ccc3[nH]2)CC1. The Bertz CT molecular complexity index is 613. The average molecular weight is 292 g/mol. The first kappa shape index (κ1) is 14.5. The zero-order valence-corrected chi connectivity index (χ0v) is 12.5. The second kappa shape index (κ2) is 6.12. The molecule has 114 valence electrons. The summed E-state index contributed by atoms with van der Waals surface area (Å²) in [5.74, 6) is 0.344. The van der Waals surface area contributed by atoms with E-state index in [-0.39, 0.29) is 5.52 Å². The number of rotatable bonds is 4. The molecule has 1 fully saturated rings. The molecule has 0 saturated heterocycles. The summed E-state index contributed by atoms with van der Waals surface area (Å²) < 4.78 is 27.0. The third-order valence-corrected chi connectivity index (χ3v) is 4.76. The van der Waals surface area contributed by atoms with Crippen molar-refractivity contribution in [2.75, 3.05) is 0 Å². The van der Waals surface area contributed by atoms with Gasteiger partial charge in [0.1, 0.15) is 11.3 Å². The molecule has 2 nitrogen and oxygen atoms in total. The van der Waals surface area contributed by atoms with Gasteiger partial charge < -0.3 is 4.98 Å². The van der Waals surface area contributed by atoms with Gasteiger partial charge in [0.2, 0.25) is 0 Å². The van der Waals surface area contributed by atoms with Crippen LogP contribution in [0.25, 0.3) is 11.0 Å². The predicted octanol–water partition coefficient (Wildman–Crippen LogP) is 5.31. The molecule has 1 saturated carbocycles. The minimum Gasteiger partial charge on any atom is -0.342 e. The van der Waals surface area contributed by atoms with Crippen molar-refractivity contribution in [1.29, 1.82) is 0 Å². The smallest absolute Gasteiger partial charge is 0.186 e. The molecule has 2 aromatic rings. The van der Waals surface area contributed by atoms with Gasteiger partial charge in [0.25, 0.3) is 0 Å². The van der Waals surface area contributed by atoms with Crippen molar-refractivity contribution in [2.24, 2.45) is 5.92 Å². The number of nitrogens with zero attached hydrogens (tertiary/aromatic N) is 1. The van der Waals surface area contributed by atoms with Gasteiger partial charge in [-0.3, -0.25) is 0 Å². The number of benzene rings is 1. The summed E-state index contributed by atoms with van der Waals surface area (Å²) in [6.07, 6.45) is 8.52. The summed E-state index contributed by atoms with van der Waals surface area (Å²) in [7, 11) is 0. The molecule has 1 aromatic carbocycles. The number of imidazole rings is 1. The van der Waals surface area contributed by atoms with Crippen LogP contribution in [0.3, 0.4) is 0 Å². The van der Waals surface area contributed by atoms with E-state index in [9.17, 15) is 8.78 Å². The Morgan fingerprint density at radius 2 is 1.95 bits per heavy atom. The van der Waals surface area contributed by atoms with Gasteiger partial charge in [0.05, 0.1) is 5.52 Å². The lowest BCUT2D eigenvalue weighted by atomic mass is 9.79. The Hall–Kier alpha value is -1.45. The second-order valence-corrected chi connectivity index (χ2v) is 6.24. The summed E-state index contributed by atoms with van der Waals surface area (Å²) in [4.78, 5) is 7.49. The van der Waals surface area contributed by atoms with Gasteiger partial charge in [0, 0.05) is 5.92 Å². The van der Waals surface area contributed by atoms with Crippen LogP contribution >= 0.6 is 0 Å². The maximum Gasteiger partial charge on any atom is 0.186 e. The van der Waals surface area contributed by atoms with Crippen molar-refractivity contribution in [2.45, 2.75) is 57.8 Å². The zero-order chi connectivity index (χ0) is 14.8. The van der Waals surface area contributed by atoms with Crippen LogP contribution in [-0.2, 0) is 0 Å². The van der Waals surface area contributed by atoms with E-state index < -0.39 is 11.6 Å². The molecule has 0 unspecified atom stereocenters. The molecule has 0 bridgehead atoms. The summed E-state index contributed by atoms with van der Waals surface area (Å²) >= 11 is 0. The van der Waals surface area contributed by atoms with Gasteiger partial charge in [0.15, 0.2) is 11.6 Å². The highest BCUT2D eigenvalue weighted by atomic mass is 19.2. The molecule has 4 heteroatoms. The fourth-order valence-electron chi connectivity index (χ4n) is 3.45. The monoisotopic (exact) mass is 292 g/mol. The topological polar surface area (TPSA) is 28.7 Å². The number of halogens is 2. The first-order valence-electron chi connectivity index (χ1n) is 8.02. The molecule has 1 aliphatic rings. The van der Waals surface area contributed by atoms with Crippen molar-refractivity contribution < 1.29 is 8.78 Å². The van der Waals surface area contributed by atoms with E-state index in [1.54, 1.807) is 6.07 Å². The molecular formula is C17H22F2N2. The summed E-state index contributed by atoms with van der Waals surface area (Å²) in [6, 6.07) is 2.72. The Morgan fingerprint density at radius 3 is 2.67 bits per heavy atom. The molecule has 1 N–H and O–H groups in total. The molecule has 1 aromatic heterocycles. The molecule has 0 amide bonds. The number of aromatic nitrogens is 2.